The lowest BCUT2D eigenvalue weighted by atomic mass is 10.2. The standard InChI is InChI=1S/C19H16F2N4O2/c1-22-17-9-12(6-8-23-17)18(26)25-11-13-3-2-7-24-19(13)27-14-4-5-15(20)16(21)10-14/h2-10H,11H2,1H3,(H,22,23)(H,25,26). The Kier molecular flexibility index (Phi) is 5.55. The van der Waals surface area contributed by atoms with E-state index in [0.717, 1.165) is 12.1 Å². The van der Waals surface area contributed by atoms with E-state index in [9.17, 15) is 13.6 Å². The lowest BCUT2D eigenvalue weighted by Crippen LogP contribution is -2.23. The second kappa shape index (κ2) is 8.22. The lowest BCUT2D eigenvalue weighted by Gasteiger charge is -2.11. The van der Waals surface area contributed by atoms with Gasteiger partial charge in [-0.15, -0.1) is 0 Å². The van der Waals surface area contributed by atoms with Crippen molar-refractivity contribution in [2.75, 3.05) is 12.4 Å². The van der Waals surface area contributed by atoms with Crippen molar-refractivity contribution in [1.29, 1.82) is 0 Å². The van der Waals surface area contributed by atoms with Crippen LogP contribution in [0.25, 0.3) is 0 Å². The van der Waals surface area contributed by atoms with Gasteiger partial charge in [0.1, 0.15) is 11.6 Å². The first-order valence-corrected chi connectivity index (χ1v) is 8.05. The molecule has 3 rings (SSSR count). The molecular formula is C19H16F2N4O2. The number of ether oxygens (including phenoxy) is 1. The molecule has 1 amide bonds. The van der Waals surface area contributed by atoms with Crippen LogP contribution >= 0.6 is 0 Å². The Labute approximate surface area is 154 Å². The highest BCUT2D eigenvalue weighted by Gasteiger charge is 2.11. The summed E-state index contributed by atoms with van der Waals surface area (Å²) in [6.07, 6.45) is 3.03. The molecule has 1 aromatic carbocycles. The minimum absolute atomic E-state index is 0.105. The SMILES string of the molecule is CNc1cc(C(=O)NCc2cccnc2Oc2ccc(F)c(F)c2)ccn1. The number of nitrogens with one attached hydrogen (secondary N) is 2. The Morgan fingerprint density at radius 2 is 1.93 bits per heavy atom. The average molecular weight is 370 g/mol. The van der Waals surface area contributed by atoms with Gasteiger partial charge in [0, 0.05) is 43.2 Å². The number of halogens is 2. The molecular weight excluding hydrogens is 354 g/mol. The van der Waals surface area contributed by atoms with E-state index in [1.54, 1.807) is 31.3 Å². The van der Waals surface area contributed by atoms with Crippen LogP contribution in [0.1, 0.15) is 15.9 Å². The fourth-order valence-corrected chi connectivity index (χ4v) is 2.29. The first-order chi connectivity index (χ1) is 13.1. The normalized spacial score (nSPS) is 10.3. The van der Waals surface area contributed by atoms with Gasteiger partial charge >= 0.3 is 0 Å². The van der Waals surface area contributed by atoms with E-state index in [1.165, 1.54) is 18.5 Å². The van der Waals surface area contributed by atoms with E-state index in [1.807, 2.05) is 0 Å². The first kappa shape index (κ1) is 18.2. The van der Waals surface area contributed by atoms with Crippen molar-refractivity contribution in [2.45, 2.75) is 6.54 Å². The number of anilines is 1. The molecule has 0 fully saturated rings. The van der Waals surface area contributed by atoms with Crippen molar-refractivity contribution >= 4 is 11.7 Å². The van der Waals surface area contributed by atoms with Crippen LogP contribution in [0.3, 0.4) is 0 Å². The Morgan fingerprint density at radius 1 is 1.07 bits per heavy atom. The summed E-state index contributed by atoms with van der Waals surface area (Å²) in [6.45, 7) is 0.142. The van der Waals surface area contributed by atoms with Crippen LogP contribution in [0.5, 0.6) is 11.6 Å². The minimum Gasteiger partial charge on any atom is -0.439 e. The Balaban J connectivity index is 1.72. The van der Waals surface area contributed by atoms with E-state index in [4.69, 9.17) is 4.74 Å². The van der Waals surface area contributed by atoms with Gasteiger partial charge in [-0.05, 0) is 30.3 Å². The number of benzene rings is 1. The lowest BCUT2D eigenvalue weighted by molar-refractivity contribution is 0.0950. The molecule has 2 heterocycles. The highest BCUT2D eigenvalue weighted by Crippen LogP contribution is 2.24. The maximum absolute atomic E-state index is 13.3. The monoisotopic (exact) mass is 370 g/mol. The van der Waals surface area contributed by atoms with Crippen molar-refractivity contribution in [1.82, 2.24) is 15.3 Å². The van der Waals surface area contributed by atoms with Gasteiger partial charge in [0.15, 0.2) is 11.6 Å². The van der Waals surface area contributed by atoms with Crippen molar-refractivity contribution in [3.05, 3.63) is 77.6 Å². The van der Waals surface area contributed by atoms with Crippen molar-refractivity contribution in [3.63, 3.8) is 0 Å². The Morgan fingerprint density at radius 3 is 2.70 bits per heavy atom. The summed E-state index contributed by atoms with van der Waals surface area (Å²) >= 11 is 0. The summed E-state index contributed by atoms with van der Waals surface area (Å²) in [7, 11) is 1.71. The van der Waals surface area contributed by atoms with Crippen molar-refractivity contribution in [3.8, 4) is 11.6 Å². The van der Waals surface area contributed by atoms with Gasteiger partial charge in [0.25, 0.3) is 5.91 Å². The molecule has 0 saturated carbocycles. The van der Waals surface area contributed by atoms with Crippen molar-refractivity contribution < 1.29 is 18.3 Å². The van der Waals surface area contributed by atoms with Gasteiger partial charge in [0.05, 0.1) is 0 Å². The molecule has 0 aliphatic carbocycles. The molecule has 27 heavy (non-hydrogen) atoms. The van der Waals surface area contributed by atoms with Crippen LogP contribution in [0.4, 0.5) is 14.6 Å². The molecule has 0 unspecified atom stereocenters. The average Bonchev–Trinajstić information content (AvgIpc) is 2.70. The van der Waals surface area contributed by atoms with Gasteiger partial charge in [-0.25, -0.2) is 18.7 Å². The predicted molar refractivity (Wildman–Crippen MR) is 95.6 cm³/mol. The van der Waals surface area contributed by atoms with Crippen LogP contribution in [0.2, 0.25) is 0 Å². The first-order valence-electron chi connectivity index (χ1n) is 8.05. The number of pyridine rings is 2. The highest BCUT2D eigenvalue weighted by atomic mass is 19.2. The minimum atomic E-state index is -1.02. The number of amides is 1. The van der Waals surface area contributed by atoms with E-state index in [0.29, 0.717) is 16.9 Å². The zero-order chi connectivity index (χ0) is 19.2. The molecule has 2 aromatic heterocycles. The molecule has 3 aromatic rings. The number of carbonyl (C=O) groups excluding carboxylic acids is 1. The van der Waals surface area contributed by atoms with E-state index in [-0.39, 0.29) is 24.1 Å². The molecule has 8 heteroatoms. The van der Waals surface area contributed by atoms with E-state index in [2.05, 4.69) is 20.6 Å². The fourth-order valence-electron chi connectivity index (χ4n) is 2.29. The summed E-state index contributed by atoms with van der Waals surface area (Å²) in [4.78, 5) is 20.5. The quantitative estimate of drug-likeness (QED) is 0.694. The molecule has 0 aliphatic rings. The third-order valence-corrected chi connectivity index (χ3v) is 3.67. The molecule has 0 saturated heterocycles. The van der Waals surface area contributed by atoms with Crippen LogP contribution in [-0.2, 0) is 6.54 Å². The highest BCUT2D eigenvalue weighted by molar-refractivity contribution is 5.94. The zero-order valence-electron chi connectivity index (χ0n) is 14.4. The molecule has 0 bridgehead atoms. The largest absolute Gasteiger partial charge is 0.439 e. The summed E-state index contributed by atoms with van der Waals surface area (Å²) in [5.74, 6) is -1.41. The molecule has 0 radical (unpaired) electrons. The predicted octanol–water partition coefficient (Wildman–Crippen LogP) is 3.52. The zero-order valence-corrected chi connectivity index (χ0v) is 14.4. The maximum atomic E-state index is 13.3. The molecule has 2 N–H and O–H groups in total. The van der Waals surface area contributed by atoms with Gasteiger partial charge in [-0.3, -0.25) is 4.79 Å². The van der Waals surface area contributed by atoms with Crippen LogP contribution in [0.15, 0.2) is 54.9 Å². The number of carbonyl (C=O) groups is 1. The third-order valence-electron chi connectivity index (χ3n) is 3.67. The number of hydrogen-bond acceptors (Lipinski definition) is 5. The Bertz CT molecular complexity index is 966. The third kappa shape index (κ3) is 4.55. The molecule has 6 nitrogen and oxygen atoms in total. The summed E-state index contributed by atoms with van der Waals surface area (Å²) in [5, 5.41) is 5.63. The van der Waals surface area contributed by atoms with Crippen molar-refractivity contribution in [2.24, 2.45) is 0 Å². The smallest absolute Gasteiger partial charge is 0.251 e. The van der Waals surface area contributed by atoms with E-state index >= 15 is 0 Å². The number of nitrogens with zero attached hydrogens (tertiary/aromatic N) is 2. The number of hydrogen-bond donors (Lipinski definition) is 2. The van der Waals surface area contributed by atoms with Crippen LogP contribution < -0.4 is 15.4 Å². The van der Waals surface area contributed by atoms with Gasteiger partial charge in [-0.1, -0.05) is 6.07 Å². The number of rotatable bonds is 6. The fraction of sp³-hybridized carbons (Fsp3) is 0.105. The second-order valence-corrected chi connectivity index (χ2v) is 5.51. The van der Waals surface area contributed by atoms with Gasteiger partial charge in [0.2, 0.25) is 5.88 Å². The topological polar surface area (TPSA) is 76.1 Å². The summed E-state index contributed by atoms with van der Waals surface area (Å²) in [5.41, 5.74) is 1.03. The molecule has 0 aliphatic heterocycles. The summed E-state index contributed by atoms with van der Waals surface area (Å²) in [6, 6.07) is 9.82. The second-order valence-electron chi connectivity index (χ2n) is 5.51. The number of aromatic nitrogens is 2. The molecule has 138 valence electrons. The molecule has 0 spiro atoms. The van der Waals surface area contributed by atoms with E-state index < -0.39 is 11.6 Å². The Hall–Kier alpha value is -3.55. The van der Waals surface area contributed by atoms with Crippen LogP contribution in [-0.4, -0.2) is 22.9 Å². The van der Waals surface area contributed by atoms with Crippen LogP contribution in [0, 0.1) is 11.6 Å². The van der Waals surface area contributed by atoms with Gasteiger partial charge < -0.3 is 15.4 Å². The van der Waals surface area contributed by atoms with Gasteiger partial charge in [-0.2, -0.15) is 0 Å². The molecule has 0 atom stereocenters. The summed E-state index contributed by atoms with van der Waals surface area (Å²) < 4.78 is 31.9. The maximum Gasteiger partial charge on any atom is 0.251 e.